The SMILES string of the molecule is CCCc1ccccc1N1CCCNC(C2CC2)C1. The standard InChI is InChI=1S/C17H26N2/c1-2-6-15-7-3-4-8-17(15)19-12-5-11-18-16(13-19)14-9-10-14/h3-4,7-8,14,16,18H,2,5-6,9-13H2,1H3. The summed E-state index contributed by atoms with van der Waals surface area (Å²) < 4.78 is 0. The van der Waals surface area contributed by atoms with Crippen LogP contribution in [0.5, 0.6) is 0 Å². The first kappa shape index (κ1) is 13.0. The highest BCUT2D eigenvalue weighted by Gasteiger charge is 2.33. The van der Waals surface area contributed by atoms with Crippen LogP contribution >= 0.6 is 0 Å². The molecule has 2 nitrogen and oxygen atoms in total. The number of hydrogen-bond donors (Lipinski definition) is 1. The summed E-state index contributed by atoms with van der Waals surface area (Å²) in [5, 5.41) is 3.75. The Hall–Kier alpha value is -1.02. The smallest absolute Gasteiger partial charge is 0.0399 e. The Morgan fingerprint density at radius 2 is 2.11 bits per heavy atom. The van der Waals surface area contributed by atoms with Gasteiger partial charge in [0.1, 0.15) is 0 Å². The summed E-state index contributed by atoms with van der Waals surface area (Å²) >= 11 is 0. The Morgan fingerprint density at radius 1 is 1.26 bits per heavy atom. The van der Waals surface area contributed by atoms with E-state index in [0.29, 0.717) is 0 Å². The average Bonchev–Trinajstić information content (AvgIpc) is 3.26. The van der Waals surface area contributed by atoms with Gasteiger partial charge < -0.3 is 10.2 Å². The zero-order chi connectivity index (χ0) is 13.1. The van der Waals surface area contributed by atoms with Gasteiger partial charge in [-0.25, -0.2) is 0 Å². The molecule has 0 aromatic heterocycles. The molecule has 0 amide bonds. The zero-order valence-electron chi connectivity index (χ0n) is 12.1. The number of aryl methyl sites for hydroxylation is 1. The lowest BCUT2D eigenvalue weighted by molar-refractivity contribution is 0.490. The fourth-order valence-electron chi connectivity index (χ4n) is 3.28. The highest BCUT2D eigenvalue weighted by Crippen LogP contribution is 2.34. The van der Waals surface area contributed by atoms with Gasteiger partial charge in [-0.3, -0.25) is 0 Å². The van der Waals surface area contributed by atoms with E-state index in [2.05, 4.69) is 41.4 Å². The van der Waals surface area contributed by atoms with Gasteiger partial charge in [-0.1, -0.05) is 31.5 Å². The van der Waals surface area contributed by atoms with Crippen molar-refractivity contribution in [3.05, 3.63) is 29.8 Å². The van der Waals surface area contributed by atoms with Crippen molar-refractivity contribution in [1.29, 1.82) is 0 Å². The van der Waals surface area contributed by atoms with E-state index in [1.54, 1.807) is 0 Å². The quantitative estimate of drug-likeness (QED) is 0.892. The van der Waals surface area contributed by atoms with Crippen LogP contribution in [0.25, 0.3) is 0 Å². The van der Waals surface area contributed by atoms with Crippen molar-refractivity contribution in [3.63, 3.8) is 0 Å². The summed E-state index contributed by atoms with van der Waals surface area (Å²) in [4.78, 5) is 2.63. The molecule has 1 atom stereocenters. The number of benzene rings is 1. The molecule has 2 fully saturated rings. The maximum Gasteiger partial charge on any atom is 0.0399 e. The van der Waals surface area contributed by atoms with Crippen molar-refractivity contribution in [2.45, 2.75) is 45.1 Å². The molecule has 19 heavy (non-hydrogen) atoms. The second-order valence-corrected chi connectivity index (χ2v) is 6.08. The highest BCUT2D eigenvalue weighted by molar-refractivity contribution is 5.54. The summed E-state index contributed by atoms with van der Waals surface area (Å²) in [6.07, 6.45) is 6.57. The topological polar surface area (TPSA) is 15.3 Å². The molecule has 104 valence electrons. The molecule has 1 unspecified atom stereocenters. The third-order valence-electron chi connectivity index (χ3n) is 4.47. The molecule has 3 rings (SSSR count). The maximum atomic E-state index is 3.75. The minimum atomic E-state index is 0.720. The molecule has 2 heteroatoms. The maximum absolute atomic E-state index is 3.75. The van der Waals surface area contributed by atoms with Crippen LogP contribution in [0.2, 0.25) is 0 Å². The van der Waals surface area contributed by atoms with Gasteiger partial charge in [0.15, 0.2) is 0 Å². The molecule has 0 bridgehead atoms. The lowest BCUT2D eigenvalue weighted by atomic mass is 10.1. The molecular formula is C17H26N2. The monoisotopic (exact) mass is 258 g/mol. The van der Waals surface area contributed by atoms with Crippen LogP contribution in [-0.2, 0) is 6.42 Å². The Bertz CT molecular complexity index is 411. The lowest BCUT2D eigenvalue weighted by Gasteiger charge is -2.28. The predicted octanol–water partition coefficient (Wildman–Crippen LogP) is 3.22. The van der Waals surface area contributed by atoms with Crippen LogP contribution in [0.4, 0.5) is 5.69 Å². The van der Waals surface area contributed by atoms with Crippen molar-refractivity contribution < 1.29 is 0 Å². The molecule has 0 radical (unpaired) electrons. The van der Waals surface area contributed by atoms with Crippen molar-refractivity contribution in [2.75, 3.05) is 24.5 Å². The van der Waals surface area contributed by atoms with E-state index in [9.17, 15) is 0 Å². The number of nitrogens with zero attached hydrogens (tertiary/aromatic N) is 1. The minimum absolute atomic E-state index is 0.720. The Morgan fingerprint density at radius 3 is 2.89 bits per heavy atom. The van der Waals surface area contributed by atoms with Gasteiger partial charge in [-0.15, -0.1) is 0 Å². The van der Waals surface area contributed by atoms with Crippen LogP contribution in [0.3, 0.4) is 0 Å². The van der Waals surface area contributed by atoms with Crippen LogP contribution in [-0.4, -0.2) is 25.7 Å². The number of hydrogen-bond acceptors (Lipinski definition) is 2. The number of rotatable bonds is 4. The molecule has 1 saturated heterocycles. The van der Waals surface area contributed by atoms with Crippen molar-refractivity contribution in [1.82, 2.24) is 5.32 Å². The first-order chi connectivity index (χ1) is 9.38. The fourth-order valence-corrected chi connectivity index (χ4v) is 3.28. The van der Waals surface area contributed by atoms with E-state index >= 15 is 0 Å². The van der Waals surface area contributed by atoms with E-state index in [-0.39, 0.29) is 0 Å². The normalized spacial score (nSPS) is 24.3. The molecule has 1 heterocycles. The first-order valence-electron chi connectivity index (χ1n) is 7.94. The Balaban J connectivity index is 1.78. The number of nitrogens with one attached hydrogen (secondary N) is 1. The summed E-state index contributed by atoms with van der Waals surface area (Å²) in [5.41, 5.74) is 3.01. The van der Waals surface area contributed by atoms with Gasteiger partial charge in [0.25, 0.3) is 0 Å². The van der Waals surface area contributed by atoms with E-state index < -0.39 is 0 Å². The van der Waals surface area contributed by atoms with Crippen LogP contribution in [0.15, 0.2) is 24.3 Å². The molecule has 1 aliphatic carbocycles. The third kappa shape index (κ3) is 3.11. The second-order valence-electron chi connectivity index (χ2n) is 6.08. The van der Waals surface area contributed by atoms with E-state index in [4.69, 9.17) is 0 Å². The van der Waals surface area contributed by atoms with Crippen molar-refractivity contribution in [3.8, 4) is 0 Å². The molecule has 0 spiro atoms. The van der Waals surface area contributed by atoms with Gasteiger partial charge in [0, 0.05) is 24.8 Å². The van der Waals surface area contributed by atoms with E-state index in [0.717, 1.165) is 12.0 Å². The largest absolute Gasteiger partial charge is 0.370 e. The summed E-state index contributed by atoms with van der Waals surface area (Å²) in [6.45, 7) is 5.86. The zero-order valence-corrected chi connectivity index (χ0v) is 12.1. The molecular weight excluding hydrogens is 232 g/mol. The molecule has 1 N–H and O–H groups in total. The second kappa shape index (κ2) is 5.96. The van der Waals surface area contributed by atoms with Gasteiger partial charge in [0.2, 0.25) is 0 Å². The van der Waals surface area contributed by atoms with Gasteiger partial charge in [-0.05, 0) is 49.8 Å². The van der Waals surface area contributed by atoms with Crippen LogP contribution in [0.1, 0.15) is 38.2 Å². The van der Waals surface area contributed by atoms with Crippen LogP contribution < -0.4 is 10.2 Å². The van der Waals surface area contributed by atoms with Crippen LogP contribution in [0, 0.1) is 5.92 Å². The van der Waals surface area contributed by atoms with Gasteiger partial charge >= 0.3 is 0 Å². The van der Waals surface area contributed by atoms with Gasteiger partial charge in [-0.2, -0.15) is 0 Å². The van der Waals surface area contributed by atoms with E-state index in [1.807, 2.05) is 0 Å². The molecule has 1 aromatic rings. The lowest BCUT2D eigenvalue weighted by Crippen LogP contribution is -2.39. The first-order valence-corrected chi connectivity index (χ1v) is 7.94. The minimum Gasteiger partial charge on any atom is -0.370 e. The predicted molar refractivity (Wildman–Crippen MR) is 81.8 cm³/mol. The van der Waals surface area contributed by atoms with Gasteiger partial charge in [0.05, 0.1) is 0 Å². The fraction of sp³-hybridized carbons (Fsp3) is 0.647. The van der Waals surface area contributed by atoms with E-state index in [1.165, 1.54) is 63.0 Å². The molecule has 1 aliphatic heterocycles. The molecule has 2 aliphatic rings. The summed E-state index contributed by atoms with van der Waals surface area (Å²) in [7, 11) is 0. The molecule has 1 saturated carbocycles. The average molecular weight is 258 g/mol. The third-order valence-corrected chi connectivity index (χ3v) is 4.47. The molecule has 1 aromatic carbocycles. The summed E-state index contributed by atoms with van der Waals surface area (Å²) in [6, 6.07) is 9.73. The highest BCUT2D eigenvalue weighted by atomic mass is 15.2. The Labute approximate surface area is 117 Å². The van der Waals surface area contributed by atoms with Crippen molar-refractivity contribution in [2.24, 2.45) is 5.92 Å². The Kier molecular flexibility index (Phi) is 4.07. The number of anilines is 1. The number of para-hydroxylation sites is 1. The van der Waals surface area contributed by atoms with Crippen molar-refractivity contribution >= 4 is 5.69 Å². The summed E-state index contributed by atoms with van der Waals surface area (Å²) in [5.74, 6) is 0.943.